The number of rotatable bonds is 6. The van der Waals surface area contributed by atoms with Gasteiger partial charge in [-0.1, -0.05) is 18.2 Å². The van der Waals surface area contributed by atoms with Crippen molar-refractivity contribution in [3.8, 4) is 23.0 Å². The molecule has 2 aromatic carbocycles. The lowest BCUT2D eigenvalue weighted by Gasteiger charge is -2.13. The molecule has 0 radical (unpaired) electrons. The summed E-state index contributed by atoms with van der Waals surface area (Å²) < 4.78 is 46.7. The number of phenolic OH excluding ortho intramolecular Hbond substituents is 1. The molecule has 3 aromatic rings. The number of methoxy groups -OCH3 is 2. The first-order chi connectivity index (χ1) is 13.2. The number of ether oxygens (including phenoxy) is 2. The third-order valence-electron chi connectivity index (χ3n) is 4.07. The quantitative estimate of drug-likeness (QED) is 0.528. The van der Waals surface area contributed by atoms with Crippen molar-refractivity contribution < 1.29 is 31.7 Å². The third kappa shape index (κ3) is 4.02. The van der Waals surface area contributed by atoms with Crippen molar-refractivity contribution in [1.82, 2.24) is 4.98 Å². The highest BCUT2D eigenvalue weighted by molar-refractivity contribution is 7.81. The largest absolute Gasteiger partial charge is 0.504 e. The molecule has 28 heavy (non-hydrogen) atoms. The van der Waals surface area contributed by atoms with Crippen molar-refractivity contribution in [1.29, 1.82) is 0 Å². The second-order valence-electron chi connectivity index (χ2n) is 5.88. The summed E-state index contributed by atoms with van der Waals surface area (Å²) in [6.45, 7) is 0. The summed E-state index contributed by atoms with van der Waals surface area (Å²) in [5.41, 5.74) is 0.550. The van der Waals surface area contributed by atoms with E-state index in [0.717, 1.165) is 0 Å². The van der Waals surface area contributed by atoms with Crippen molar-refractivity contribution in [3.63, 3.8) is 0 Å². The molecule has 0 saturated heterocycles. The van der Waals surface area contributed by atoms with Crippen LogP contribution in [0.1, 0.15) is 11.1 Å². The van der Waals surface area contributed by atoms with E-state index in [-0.39, 0.29) is 34.9 Å². The zero-order chi connectivity index (χ0) is 20.5. The van der Waals surface area contributed by atoms with Crippen LogP contribution in [0.4, 0.5) is 0 Å². The van der Waals surface area contributed by atoms with Gasteiger partial charge in [-0.05, 0) is 23.8 Å². The van der Waals surface area contributed by atoms with Gasteiger partial charge in [0.1, 0.15) is 0 Å². The first kappa shape index (κ1) is 19.5. The standard InChI is InChI=1S/C18H17NO8S/c1-25-14-8-10(3-6-13(14)20)7-12-5-4-11-9-15(26-2)18(21)19-16(11)17(12)27-28(22,23)24/h3-6,8-9,20H,7H2,1-2H3,(H,19,21)(H,22,23,24). The smallest absolute Gasteiger partial charge is 0.446 e. The summed E-state index contributed by atoms with van der Waals surface area (Å²) in [4.78, 5) is 14.6. The minimum absolute atomic E-state index is 0.0429. The van der Waals surface area contributed by atoms with E-state index in [2.05, 4.69) is 4.98 Å². The van der Waals surface area contributed by atoms with E-state index >= 15 is 0 Å². The van der Waals surface area contributed by atoms with E-state index < -0.39 is 16.0 Å². The molecule has 3 rings (SSSR count). The highest BCUT2D eigenvalue weighted by Crippen LogP contribution is 2.33. The van der Waals surface area contributed by atoms with Crippen LogP contribution in [0.2, 0.25) is 0 Å². The average Bonchev–Trinajstić information content (AvgIpc) is 2.64. The topological polar surface area (TPSA) is 135 Å². The fourth-order valence-corrected chi connectivity index (χ4v) is 3.22. The molecule has 1 aromatic heterocycles. The number of hydrogen-bond donors (Lipinski definition) is 3. The monoisotopic (exact) mass is 407 g/mol. The van der Waals surface area contributed by atoms with Crippen molar-refractivity contribution in [2.45, 2.75) is 6.42 Å². The van der Waals surface area contributed by atoms with E-state index in [0.29, 0.717) is 16.5 Å². The number of hydrogen-bond acceptors (Lipinski definition) is 7. The van der Waals surface area contributed by atoms with Crippen LogP contribution >= 0.6 is 0 Å². The number of H-pyrrole nitrogens is 1. The predicted molar refractivity (Wildman–Crippen MR) is 101 cm³/mol. The number of aromatic hydroxyl groups is 1. The molecule has 0 amide bonds. The van der Waals surface area contributed by atoms with E-state index in [1.807, 2.05) is 0 Å². The fraction of sp³-hybridized carbons (Fsp3) is 0.167. The number of phenols is 1. The van der Waals surface area contributed by atoms with Crippen molar-refractivity contribution in [2.24, 2.45) is 0 Å². The van der Waals surface area contributed by atoms with Crippen LogP contribution in [0.25, 0.3) is 10.9 Å². The Bertz CT molecular complexity index is 1200. The molecule has 0 aliphatic rings. The van der Waals surface area contributed by atoms with Gasteiger partial charge in [-0.3, -0.25) is 9.35 Å². The molecule has 0 aliphatic heterocycles. The van der Waals surface area contributed by atoms with Crippen LogP contribution in [0, 0.1) is 0 Å². The van der Waals surface area contributed by atoms with E-state index in [1.165, 1.54) is 26.4 Å². The van der Waals surface area contributed by atoms with Gasteiger partial charge in [-0.25, -0.2) is 0 Å². The molecule has 0 unspecified atom stereocenters. The maximum absolute atomic E-state index is 12.1. The summed E-state index contributed by atoms with van der Waals surface area (Å²) in [6.07, 6.45) is 0.172. The number of aromatic amines is 1. The predicted octanol–water partition coefficient (Wildman–Crippen LogP) is 2.02. The van der Waals surface area contributed by atoms with Crippen LogP contribution in [-0.2, 0) is 16.8 Å². The number of aromatic nitrogens is 1. The summed E-state index contributed by atoms with van der Waals surface area (Å²) >= 11 is 0. The number of benzene rings is 2. The van der Waals surface area contributed by atoms with E-state index in [9.17, 15) is 22.9 Å². The second-order valence-corrected chi connectivity index (χ2v) is 6.90. The molecule has 1 heterocycles. The molecule has 0 atom stereocenters. The van der Waals surface area contributed by atoms with E-state index in [1.54, 1.807) is 24.3 Å². The van der Waals surface area contributed by atoms with Crippen molar-refractivity contribution >= 4 is 21.3 Å². The zero-order valence-corrected chi connectivity index (χ0v) is 15.7. The van der Waals surface area contributed by atoms with Crippen LogP contribution in [0.5, 0.6) is 23.0 Å². The normalized spacial score (nSPS) is 11.4. The van der Waals surface area contributed by atoms with Crippen molar-refractivity contribution in [2.75, 3.05) is 14.2 Å². The Morgan fingerprint density at radius 2 is 1.75 bits per heavy atom. The zero-order valence-electron chi connectivity index (χ0n) is 14.9. The fourth-order valence-electron chi connectivity index (χ4n) is 2.82. The summed E-state index contributed by atoms with van der Waals surface area (Å²) in [5, 5.41) is 10.2. The van der Waals surface area contributed by atoms with Gasteiger partial charge >= 0.3 is 10.4 Å². The van der Waals surface area contributed by atoms with E-state index in [4.69, 9.17) is 13.7 Å². The molecule has 3 N–H and O–H groups in total. The van der Waals surface area contributed by atoms with Gasteiger partial charge in [-0.15, -0.1) is 0 Å². The highest BCUT2D eigenvalue weighted by Gasteiger charge is 2.18. The first-order valence-electron chi connectivity index (χ1n) is 7.97. The van der Waals surface area contributed by atoms with Gasteiger partial charge in [0, 0.05) is 17.4 Å². The Balaban J connectivity index is 2.18. The summed E-state index contributed by atoms with van der Waals surface area (Å²) in [7, 11) is -2.11. The van der Waals surface area contributed by atoms with Gasteiger partial charge in [0.15, 0.2) is 23.0 Å². The second kappa shape index (κ2) is 7.41. The minimum atomic E-state index is -4.85. The Morgan fingerprint density at radius 1 is 1.04 bits per heavy atom. The maximum Gasteiger partial charge on any atom is 0.446 e. The average molecular weight is 407 g/mol. The Labute approximate surface area is 160 Å². The molecule has 9 nitrogen and oxygen atoms in total. The molecule has 0 aliphatic carbocycles. The van der Waals surface area contributed by atoms with Gasteiger partial charge in [0.25, 0.3) is 5.56 Å². The maximum atomic E-state index is 12.1. The Morgan fingerprint density at radius 3 is 2.39 bits per heavy atom. The molecule has 0 saturated carbocycles. The molecule has 148 valence electrons. The molecule has 0 fully saturated rings. The Kier molecular flexibility index (Phi) is 5.16. The van der Waals surface area contributed by atoms with Crippen LogP contribution in [0.15, 0.2) is 41.2 Å². The number of fused-ring (bicyclic) bond motifs is 1. The van der Waals surface area contributed by atoms with Crippen LogP contribution in [-0.4, -0.2) is 37.3 Å². The van der Waals surface area contributed by atoms with Crippen LogP contribution in [0.3, 0.4) is 0 Å². The van der Waals surface area contributed by atoms with Gasteiger partial charge in [-0.2, -0.15) is 8.42 Å². The van der Waals surface area contributed by atoms with Crippen LogP contribution < -0.4 is 19.2 Å². The molecule has 10 heteroatoms. The third-order valence-corrected chi connectivity index (χ3v) is 4.44. The summed E-state index contributed by atoms with van der Waals surface area (Å²) in [6, 6.07) is 9.31. The summed E-state index contributed by atoms with van der Waals surface area (Å²) in [5.74, 6) is 0.0254. The van der Waals surface area contributed by atoms with Crippen molar-refractivity contribution in [3.05, 3.63) is 57.9 Å². The first-order valence-corrected chi connectivity index (χ1v) is 9.34. The molecule has 0 bridgehead atoms. The van der Waals surface area contributed by atoms with Gasteiger partial charge in [0.05, 0.1) is 19.7 Å². The van der Waals surface area contributed by atoms with Gasteiger partial charge in [0.2, 0.25) is 0 Å². The molecule has 0 spiro atoms. The lowest BCUT2D eigenvalue weighted by Crippen LogP contribution is -2.13. The SMILES string of the molecule is COc1cc(Cc2ccc3cc(OC)c(=O)[nH]c3c2OS(=O)(=O)O)ccc1O. The molecular formula is C18H17NO8S. The number of nitrogens with one attached hydrogen (secondary N) is 1. The number of pyridine rings is 1. The highest BCUT2D eigenvalue weighted by atomic mass is 32.3. The minimum Gasteiger partial charge on any atom is -0.504 e. The lowest BCUT2D eigenvalue weighted by molar-refractivity contribution is 0.373. The van der Waals surface area contributed by atoms with Gasteiger partial charge < -0.3 is 23.7 Å². The molecular weight excluding hydrogens is 390 g/mol. The lowest BCUT2D eigenvalue weighted by atomic mass is 10.0. The Hall–Kier alpha value is -3.24.